The first-order valence-corrected chi connectivity index (χ1v) is 7.30. The summed E-state index contributed by atoms with van der Waals surface area (Å²) in [6.07, 6.45) is 6.77. The van der Waals surface area contributed by atoms with Crippen molar-refractivity contribution in [2.24, 2.45) is 11.8 Å². The molecule has 0 amide bonds. The van der Waals surface area contributed by atoms with Crippen LogP contribution in [0.4, 0.5) is 5.82 Å². The summed E-state index contributed by atoms with van der Waals surface area (Å²) in [5.41, 5.74) is 0.909. The van der Waals surface area contributed by atoms with Crippen LogP contribution in [0.1, 0.15) is 44.7 Å². The normalized spacial score (nSPS) is 23.9. The predicted octanol–water partition coefficient (Wildman–Crippen LogP) is 4.07. The minimum absolute atomic E-state index is 0.326. The van der Waals surface area contributed by atoms with E-state index >= 15 is 0 Å². The fraction of sp³-hybridized carbons (Fsp3) is 0.714. The van der Waals surface area contributed by atoms with Gasteiger partial charge in [0, 0.05) is 18.3 Å². The van der Waals surface area contributed by atoms with Gasteiger partial charge in [0.1, 0.15) is 5.82 Å². The third-order valence-electron chi connectivity index (χ3n) is 3.94. The van der Waals surface area contributed by atoms with Gasteiger partial charge in [-0.05, 0) is 43.2 Å². The zero-order valence-corrected chi connectivity index (χ0v) is 12.0. The molecule has 1 N–H and O–H groups in total. The van der Waals surface area contributed by atoms with E-state index in [1.807, 2.05) is 13.0 Å². The van der Waals surface area contributed by atoms with E-state index in [9.17, 15) is 0 Å². The van der Waals surface area contributed by atoms with Crippen LogP contribution in [0.3, 0.4) is 0 Å². The molecule has 4 heteroatoms. The predicted molar refractivity (Wildman–Crippen MR) is 76.0 cm³/mol. The van der Waals surface area contributed by atoms with E-state index in [1.54, 1.807) is 0 Å². The Morgan fingerprint density at radius 2 is 1.89 bits per heavy atom. The maximum absolute atomic E-state index is 5.85. The van der Waals surface area contributed by atoms with E-state index in [2.05, 4.69) is 22.2 Å². The molecule has 0 unspecified atom stereocenters. The molecule has 1 heterocycles. The minimum Gasteiger partial charge on any atom is -0.370 e. The molecule has 0 saturated heterocycles. The Balaban J connectivity index is 1.81. The number of nitrogens with one attached hydrogen (secondary N) is 1. The molecule has 0 aromatic carbocycles. The number of anilines is 1. The van der Waals surface area contributed by atoms with Crippen molar-refractivity contribution in [3.05, 3.63) is 17.0 Å². The number of aryl methyl sites for hydroxylation is 1. The smallest absolute Gasteiger partial charge is 0.224 e. The molecule has 1 saturated carbocycles. The summed E-state index contributed by atoms with van der Waals surface area (Å²) < 4.78 is 0. The van der Waals surface area contributed by atoms with Crippen LogP contribution in [0, 0.1) is 18.8 Å². The van der Waals surface area contributed by atoms with Crippen LogP contribution in [0.2, 0.25) is 5.28 Å². The van der Waals surface area contributed by atoms with E-state index in [4.69, 9.17) is 11.6 Å². The first kappa shape index (κ1) is 13.6. The standard InChI is InChI=1S/C14H22ClN3/c1-3-11-4-6-12(7-5-11)9-16-13-8-10(2)17-14(15)18-13/h8,11-12H,3-7,9H2,1-2H3,(H,16,17,18). The van der Waals surface area contributed by atoms with Gasteiger partial charge in [-0.1, -0.05) is 26.2 Å². The van der Waals surface area contributed by atoms with Gasteiger partial charge in [0.15, 0.2) is 0 Å². The van der Waals surface area contributed by atoms with E-state index < -0.39 is 0 Å². The second-order valence-electron chi connectivity index (χ2n) is 5.34. The van der Waals surface area contributed by atoms with Crippen LogP contribution in [0.15, 0.2) is 6.07 Å². The average Bonchev–Trinajstić information content (AvgIpc) is 2.36. The maximum atomic E-state index is 5.85. The Bertz CT molecular complexity index is 366. The first-order chi connectivity index (χ1) is 8.67. The van der Waals surface area contributed by atoms with Crippen LogP contribution >= 0.6 is 11.6 Å². The zero-order valence-electron chi connectivity index (χ0n) is 11.2. The fourth-order valence-electron chi connectivity index (χ4n) is 2.72. The summed E-state index contributed by atoms with van der Waals surface area (Å²) in [4.78, 5) is 8.26. The van der Waals surface area contributed by atoms with Gasteiger partial charge in [0.05, 0.1) is 0 Å². The van der Waals surface area contributed by atoms with E-state index in [0.717, 1.165) is 29.9 Å². The molecule has 1 aromatic rings. The van der Waals surface area contributed by atoms with Gasteiger partial charge in [-0.15, -0.1) is 0 Å². The lowest BCUT2D eigenvalue weighted by Gasteiger charge is -2.28. The largest absolute Gasteiger partial charge is 0.370 e. The van der Waals surface area contributed by atoms with Gasteiger partial charge in [-0.2, -0.15) is 0 Å². The molecule has 1 fully saturated rings. The van der Waals surface area contributed by atoms with Crippen molar-refractivity contribution in [3.8, 4) is 0 Å². The molecule has 0 bridgehead atoms. The lowest BCUT2D eigenvalue weighted by Crippen LogP contribution is -2.21. The number of hydrogen-bond acceptors (Lipinski definition) is 3. The molecule has 1 aromatic heterocycles. The molecule has 18 heavy (non-hydrogen) atoms. The van der Waals surface area contributed by atoms with Crippen LogP contribution < -0.4 is 5.32 Å². The van der Waals surface area contributed by atoms with Crippen molar-refractivity contribution in [1.82, 2.24) is 9.97 Å². The van der Waals surface area contributed by atoms with Crippen molar-refractivity contribution in [2.75, 3.05) is 11.9 Å². The van der Waals surface area contributed by atoms with Crippen molar-refractivity contribution in [1.29, 1.82) is 0 Å². The second kappa shape index (κ2) is 6.37. The molecule has 100 valence electrons. The second-order valence-corrected chi connectivity index (χ2v) is 5.68. The Morgan fingerprint density at radius 3 is 2.50 bits per heavy atom. The molecule has 0 aliphatic heterocycles. The highest BCUT2D eigenvalue weighted by molar-refractivity contribution is 6.28. The van der Waals surface area contributed by atoms with Crippen LogP contribution in [0.5, 0.6) is 0 Å². The van der Waals surface area contributed by atoms with Crippen LogP contribution in [0.25, 0.3) is 0 Å². The van der Waals surface area contributed by atoms with Gasteiger partial charge in [0.25, 0.3) is 0 Å². The summed E-state index contributed by atoms with van der Waals surface area (Å²) in [5.74, 6) is 2.59. The maximum Gasteiger partial charge on any atom is 0.224 e. The topological polar surface area (TPSA) is 37.8 Å². The molecule has 0 spiro atoms. The van der Waals surface area contributed by atoms with Crippen molar-refractivity contribution in [3.63, 3.8) is 0 Å². The van der Waals surface area contributed by atoms with Crippen LogP contribution in [-0.2, 0) is 0 Å². The van der Waals surface area contributed by atoms with Crippen molar-refractivity contribution in [2.45, 2.75) is 46.0 Å². The SMILES string of the molecule is CCC1CCC(CNc2cc(C)nc(Cl)n2)CC1. The molecule has 1 aliphatic carbocycles. The monoisotopic (exact) mass is 267 g/mol. The van der Waals surface area contributed by atoms with E-state index in [1.165, 1.54) is 32.1 Å². The number of nitrogens with zero attached hydrogens (tertiary/aromatic N) is 2. The molecule has 0 atom stereocenters. The summed E-state index contributed by atoms with van der Waals surface area (Å²) >= 11 is 5.85. The number of hydrogen-bond donors (Lipinski definition) is 1. The first-order valence-electron chi connectivity index (χ1n) is 6.92. The van der Waals surface area contributed by atoms with Gasteiger partial charge in [-0.3, -0.25) is 0 Å². The lowest BCUT2D eigenvalue weighted by molar-refractivity contribution is 0.278. The number of halogens is 1. The Kier molecular flexibility index (Phi) is 4.81. The molecular weight excluding hydrogens is 246 g/mol. The highest BCUT2D eigenvalue weighted by Crippen LogP contribution is 2.30. The Labute approximate surface area is 114 Å². The quantitative estimate of drug-likeness (QED) is 0.836. The summed E-state index contributed by atoms with van der Waals surface area (Å²) in [6.45, 7) is 5.24. The average molecular weight is 268 g/mol. The fourth-order valence-corrected chi connectivity index (χ4v) is 2.94. The zero-order chi connectivity index (χ0) is 13.0. The third kappa shape index (κ3) is 3.84. The molecule has 1 aliphatic rings. The highest BCUT2D eigenvalue weighted by Gasteiger charge is 2.19. The van der Waals surface area contributed by atoms with Gasteiger partial charge in [0.2, 0.25) is 5.28 Å². The lowest BCUT2D eigenvalue weighted by atomic mass is 9.81. The Morgan fingerprint density at radius 1 is 1.22 bits per heavy atom. The summed E-state index contributed by atoms with van der Waals surface area (Å²) in [5, 5.41) is 3.72. The van der Waals surface area contributed by atoms with E-state index in [0.29, 0.717) is 5.28 Å². The third-order valence-corrected chi connectivity index (χ3v) is 4.11. The highest BCUT2D eigenvalue weighted by atomic mass is 35.5. The molecule has 0 radical (unpaired) electrons. The van der Waals surface area contributed by atoms with Gasteiger partial charge in [-0.25, -0.2) is 9.97 Å². The van der Waals surface area contributed by atoms with Crippen LogP contribution in [-0.4, -0.2) is 16.5 Å². The van der Waals surface area contributed by atoms with Gasteiger partial charge < -0.3 is 5.32 Å². The van der Waals surface area contributed by atoms with E-state index in [-0.39, 0.29) is 0 Å². The molecule has 2 rings (SSSR count). The molecular formula is C14H22ClN3. The molecule has 3 nitrogen and oxygen atoms in total. The number of aromatic nitrogens is 2. The van der Waals surface area contributed by atoms with Gasteiger partial charge >= 0.3 is 0 Å². The summed E-state index contributed by atoms with van der Waals surface area (Å²) in [7, 11) is 0. The summed E-state index contributed by atoms with van der Waals surface area (Å²) in [6, 6.07) is 1.95. The van der Waals surface area contributed by atoms with Crippen molar-refractivity contribution >= 4 is 17.4 Å². The number of rotatable bonds is 4. The van der Waals surface area contributed by atoms with Crippen molar-refractivity contribution < 1.29 is 0 Å². The Hall–Kier alpha value is -0.830. The minimum atomic E-state index is 0.326.